The highest BCUT2D eigenvalue weighted by Gasteiger charge is 2.47. The largest absolute Gasteiger partial charge is 0.374 e. The Labute approximate surface area is 146 Å². The Bertz CT molecular complexity index is 841. The van der Waals surface area contributed by atoms with Crippen LogP contribution < -0.4 is 5.32 Å². The topological polar surface area (TPSA) is 68.5 Å². The molecule has 1 atom stereocenters. The highest BCUT2D eigenvalue weighted by molar-refractivity contribution is 6.02. The minimum Gasteiger partial charge on any atom is -0.374 e. The van der Waals surface area contributed by atoms with Crippen molar-refractivity contribution in [1.82, 2.24) is 9.78 Å². The van der Waals surface area contributed by atoms with Crippen LogP contribution in [-0.4, -0.2) is 21.4 Å². The van der Waals surface area contributed by atoms with Crippen LogP contribution in [0.3, 0.4) is 0 Å². The van der Waals surface area contributed by atoms with E-state index in [0.29, 0.717) is 6.42 Å². The Morgan fingerprint density at radius 2 is 2.00 bits per heavy atom. The van der Waals surface area contributed by atoms with Crippen LogP contribution in [0.25, 0.3) is 0 Å². The second kappa shape index (κ2) is 6.02. The number of rotatable bonds is 3. The fraction of sp³-hybridized carbons (Fsp3) is 0.421. The first-order chi connectivity index (χ1) is 12.1. The summed E-state index contributed by atoms with van der Waals surface area (Å²) < 4.78 is 1.77. The van der Waals surface area contributed by atoms with Crippen molar-refractivity contribution in [3.63, 3.8) is 0 Å². The summed E-state index contributed by atoms with van der Waals surface area (Å²) in [4.78, 5) is 18.9. The van der Waals surface area contributed by atoms with Gasteiger partial charge in [0.15, 0.2) is 0 Å². The van der Waals surface area contributed by atoms with Gasteiger partial charge < -0.3 is 10.2 Å². The monoisotopic (exact) mass is 338 g/mol. The molecule has 2 heterocycles. The van der Waals surface area contributed by atoms with Gasteiger partial charge in [0.2, 0.25) is 5.60 Å². The number of aryl methyl sites for hydroxylation is 2. The third-order valence-corrected chi connectivity index (χ3v) is 5.02. The van der Waals surface area contributed by atoms with Crippen LogP contribution in [0.2, 0.25) is 0 Å². The van der Waals surface area contributed by atoms with Gasteiger partial charge in [-0.15, -0.1) is 0 Å². The lowest BCUT2D eigenvalue weighted by molar-refractivity contribution is -0.139. The normalized spacial score (nSPS) is 22.1. The minimum absolute atomic E-state index is 0.198. The molecule has 4 rings (SSSR count). The second-order valence-electron chi connectivity index (χ2n) is 6.85. The Morgan fingerprint density at radius 3 is 2.72 bits per heavy atom. The first kappa shape index (κ1) is 15.9. The van der Waals surface area contributed by atoms with Crippen LogP contribution in [0.4, 0.5) is 5.82 Å². The number of hydrogen-bond acceptors (Lipinski definition) is 4. The van der Waals surface area contributed by atoms with Crippen molar-refractivity contribution in [2.75, 3.05) is 5.32 Å². The summed E-state index contributed by atoms with van der Waals surface area (Å²) in [5.41, 5.74) is 2.76. The number of fused-ring (bicyclic) bond motifs is 1. The molecule has 0 bridgehead atoms. The first-order valence-electron chi connectivity index (χ1n) is 8.73. The number of oxime groups is 1. The van der Waals surface area contributed by atoms with Gasteiger partial charge in [-0.05, 0) is 32.6 Å². The van der Waals surface area contributed by atoms with Crippen molar-refractivity contribution < 1.29 is 9.63 Å². The summed E-state index contributed by atoms with van der Waals surface area (Å²) in [6.45, 7) is 1.88. The molecule has 1 aliphatic heterocycles. The summed E-state index contributed by atoms with van der Waals surface area (Å²) in [5, 5.41) is 11.7. The van der Waals surface area contributed by atoms with E-state index >= 15 is 0 Å². The van der Waals surface area contributed by atoms with Crippen molar-refractivity contribution in [3.05, 3.63) is 47.2 Å². The lowest BCUT2D eigenvalue weighted by Gasteiger charge is -2.26. The van der Waals surface area contributed by atoms with Crippen LogP contribution in [0.1, 0.15) is 43.0 Å². The molecule has 0 spiro atoms. The predicted molar refractivity (Wildman–Crippen MR) is 95.4 cm³/mol. The van der Waals surface area contributed by atoms with Gasteiger partial charge in [0, 0.05) is 24.6 Å². The molecular formula is C19H22N4O2. The highest BCUT2D eigenvalue weighted by atomic mass is 16.7. The summed E-state index contributed by atoms with van der Waals surface area (Å²) >= 11 is 0. The quantitative estimate of drug-likeness (QED) is 0.935. The number of nitrogens with zero attached hydrogens (tertiary/aromatic N) is 3. The fourth-order valence-electron chi connectivity index (χ4n) is 3.74. The molecule has 2 aliphatic rings. The third kappa shape index (κ3) is 2.62. The molecule has 130 valence electrons. The molecule has 0 saturated carbocycles. The molecule has 1 aromatic heterocycles. The van der Waals surface area contributed by atoms with Crippen LogP contribution in [0, 0.1) is 0 Å². The van der Waals surface area contributed by atoms with Crippen molar-refractivity contribution in [2.24, 2.45) is 12.2 Å². The Kier molecular flexibility index (Phi) is 3.82. The summed E-state index contributed by atoms with van der Waals surface area (Å²) in [7, 11) is 1.88. The van der Waals surface area contributed by atoms with Crippen molar-refractivity contribution in [1.29, 1.82) is 0 Å². The van der Waals surface area contributed by atoms with Gasteiger partial charge in [-0.2, -0.15) is 5.10 Å². The number of carbonyl (C=O) groups excluding carboxylic acids is 1. The molecule has 0 radical (unpaired) electrons. The van der Waals surface area contributed by atoms with Gasteiger partial charge in [-0.25, -0.2) is 0 Å². The van der Waals surface area contributed by atoms with Crippen LogP contribution in [-0.2, 0) is 35.1 Å². The zero-order valence-electron chi connectivity index (χ0n) is 14.6. The molecule has 1 aliphatic carbocycles. The Morgan fingerprint density at radius 1 is 1.24 bits per heavy atom. The van der Waals surface area contributed by atoms with Crippen molar-refractivity contribution in [3.8, 4) is 0 Å². The molecule has 1 unspecified atom stereocenters. The van der Waals surface area contributed by atoms with E-state index in [1.165, 1.54) is 0 Å². The number of benzene rings is 1. The van der Waals surface area contributed by atoms with E-state index < -0.39 is 5.60 Å². The van der Waals surface area contributed by atoms with Crippen LogP contribution in [0.15, 0.2) is 35.5 Å². The molecule has 0 fully saturated rings. The van der Waals surface area contributed by atoms with E-state index in [1.54, 1.807) is 4.68 Å². The summed E-state index contributed by atoms with van der Waals surface area (Å²) in [6.07, 6.45) is 4.66. The molecular weight excluding hydrogens is 316 g/mol. The number of amides is 1. The van der Waals surface area contributed by atoms with Gasteiger partial charge in [0.05, 0.1) is 11.4 Å². The number of nitrogens with one attached hydrogen (secondary N) is 1. The predicted octanol–water partition coefficient (Wildman–Crippen LogP) is 2.93. The average molecular weight is 338 g/mol. The molecule has 1 aromatic carbocycles. The molecule has 6 heteroatoms. The molecule has 0 saturated heterocycles. The number of hydrogen-bond donors (Lipinski definition) is 1. The van der Waals surface area contributed by atoms with Gasteiger partial charge >= 0.3 is 0 Å². The second-order valence-corrected chi connectivity index (χ2v) is 6.85. The van der Waals surface area contributed by atoms with Crippen LogP contribution >= 0.6 is 0 Å². The molecule has 1 amide bonds. The SMILES string of the molecule is CC1=NOC(C(=O)Nc2c3c(nn2C)CCCC3)(c2ccccc2)C1. The van der Waals surface area contributed by atoms with E-state index in [0.717, 1.165) is 54.0 Å². The molecule has 25 heavy (non-hydrogen) atoms. The van der Waals surface area contributed by atoms with E-state index in [9.17, 15) is 4.79 Å². The minimum atomic E-state index is -1.11. The maximum Gasteiger partial charge on any atom is 0.277 e. The molecule has 6 nitrogen and oxygen atoms in total. The maximum absolute atomic E-state index is 13.3. The third-order valence-electron chi connectivity index (χ3n) is 5.02. The average Bonchev–Trinajstić information content (AvgIpc) is 3.17. The van der Waals surface area contributed by atoms with Crippen molar-refractivity contribution in [2.45, 2.75) is 44.6 Å². The van der Waals surface area contributed by atoms with Gasteiger partial charge in [0.1, 0.15) is 5.82 Å². The standard InChI is InChI=1S/C19H22N4O2/c1-13-12-19(25-22-13,14-8-4-3-5-9-14)18(24)20-17-15-10-6-7-11-16(15)21-23(17)2/h3-5,8-9H,6-7,10-12H2,1-2H3,(H,20,24). The fourth-order valence-corrected chi connectivity index (χ4v) is 3.74. The lowest BCUT2D eigenvalue weighted by Crippen LogP contribution is -2.41. The molecule has 1 N–H and O–H groups in total. The maximum atomic E-state index is 13.3. The number of aromatic nitrogens is 2. The first-order valence-corrected chi connectivity index (χ1v) is 8.73. The van der Waals surface area contributed by atoms with Crippen molar-refractivity contribution >= 4 is 17.4 Å². The van der Waals surface area contributed by atoms with Crippen LogP contribution in [0.5, 0.6) is 0 Å². The Hall–Kier alpha value is -2.63. The summed E-state index contributed by atoms with van der Waals surface area (Å²) in [6, 6.07) is 9.56. The smallest absolute Gasteiger partial charge is 0.277 e. The Balaban J connectivity index is 1.68. The van der Waals surface area contributed by atoms with E-state index in [-0.39, 0.29) is 5.91 Å². The van der Waals surface area contributed by atoms with E-state index in [4.69, 9.17) is 4.84 Å². The van der Waals surface area contributed by atoms with Gasteiger partial charge in [0.25, 0.3) is 5.91 Å². The summed E-state index contributed by atoms with van der Waals surface area (Å²) in [5.74, 6) is 0.582. The zero-order valence-corrected chi connectivity index (χ0v) is 14.6. The van der Waals surface area contributed by atoms with E-state index in [1.807, 2.05) is 44.3 Å². The van der Waals surface area contributed by atoms with Gasteiger partial charge in [-0.1, -0.05) is 35.5 Å². The number of anilines is 1. The number of carbonyl (C=O) groups is 1. The van der Waals surface area contributed by atoms with Gasteiger partial charge in [-0.3, -0.25) is 9.48 Å². The van der Waals surface area contributed by atoms with E-state index in [2.05, 4.69) is 15.6 Å². The zero-order chi connectivity index (χ0) is 17.4. The highest BCUT2D eigenvalue weighted by Crippen LogP contribution is 2.37. The lowest BCUT2D eigenvalue weighted by atomic mass is 9.88. The molecule has 2 aromatic rings.